The highest BCUT2D eigenvalue weighted by atomic mass is 16.5. The second-order valence-electron chi connectivity index (χ2n) is 5.96. The molecule has 1 amide bonds. The maximum Gasteiger partial charge on any atom is 0.234 e. The molecule has 6 heteroatoms. The van der Waals surface area contributed by atoms with E-state index >= 15 is 0 Å². The summed E-state index contributed by atoms with van der Waals surface area (Å²) in [6.45, 7) is 4.17. The number of nitrogens with one attached hydrogen (secondary N) is 1. The van der Waals surface area contributed by atoms with Gasteiger partial charge in [-0.25, -0.2) is 9.97 Å². The zero-order valence-corrected chi connectivity index (χ0v) is 14.9. The summed E-state index contributed by atoms with van der Waals surface area (Å²) in [6.07, 6.45) is 5.55. The predicted molar refractivity (Wildman–Crippen MR) is 97.1 cm³/mol. The van der Waals surface area contributed by atoms with Gasteiger partial charge in [0.1, 0.15) is 11.6 Å². The Kier molecular flexibility index (Phi) is 7.85. The number of benzene rings is 1. The fraction of sp³-hybridized carbons (Fsp3) is 0.421. The van der Waals surface area contributed by atoms with E-state index in [1.54, 1.807) is 18.5 Å². The van der Waals surface area contributed by atoms with Crippen molar-refractivity contribution in [2.75, 3.05) is 20.2 Å². The molecule has 1 aromatic carbocycles. The van der Waals surface area contributed by atoms with Gasteiger partial charge in [-0.05, 0) is 37.2 Å². The number of ether oxygens (including phenoxy) is 1. The van der Waals surface area contributed by atoms with Crippen molar-refractivity contribution in [1.29, 1.82) is 0 Å². The van der Waals surface area contributed by atoms with Gasteiger partial charge in [0, 0.05) is 18.9 Å². The number of hydrogen-bond donors (Lipinski definition) is 1. The number of hydrogen-bond acceptors (Lipinski definition) is 5. The summed E-state index contributed by atoms with van der Waals surface area (Å²) in [7, 11) is 1.87. The monoisotopic (exact) mass is 342 g/mol. The Hall–Kier alpha value is -2.47. The lowest BCUT2D eigenvalue weighted by Gasteiger charge is -2.15. The molecule has 0 fully saturated rings. The molecule has 1 aromatic heterocycles. The summed E-state index contributed by atoms with van der Waals surface area (Å²) < 4.78 is 5.69. The molecule has 0 spiro atoms. The van der Waals surface area contributed by atoms with Crippen LogP contribution in [0.2, 0.25) is 0 Å². The lowest BCUT2D eigenvalue weighted by atomic mass is 10.2. The van der Waals surface area contributed by atoms with Crippen LogP contribution >= 0.6 is 0 Å². The highest BCUT2D eigenvalue weighted by molar-refractivity contribution is 5.77. The molecule has 0 atom stereocenters. The molecule has 2 aromatic rings. The van der Waals surface area contributed by atoms with E-state index in [0.717, 1.165) is 30.8 Å². The fourth-order valence-corrected chi connectivity index (χ4v) is 2.29. The van der Waals surface area contributed by atoms with Gasteiger partial charge in [-0.1, -0.05) is 25.5 Å². The second kappa shape index (κ2) is 10.4. The normalized spacial score (nSPS) is 10.7. The standard InChI is InChI=1S/C19H26N4O2/c1-3-4-11-25-17-8-5-7-16(12-17)13-22-19(24)15-23(2)14-18-20-9-6-10-21-18/h5-10,12H,3-4,11,13-15H2,1-2H3,(H,22,24). The number of carbonyl (C=O) groups is 1. The third-order valence-electron chi connectivity index (χ3n) is 3.60. The molecular weight excluding hydrogens is 316 g/mol. The molecular formula is C19H26N4O2. The molecule has 6 nitrogen and oxygen atoms in total. The van der Waals surface area contributed by atoms with E-state index in [4.69, 9.17) is 4.74 Å². The van der Waals surface area contributed by atoms with E-state index in [0.29, 0.717) is 25.5 Å². The average Bonchev–Trinajstić information content (AvgIpc) is 2.61. The molecule has 0 bridgehead atoms. The first-order chi connectivity index (χ1) is 12.2. The summed E-state index contributed by atoms with van der Waals surface area (Å²) in [5, 5.41) is 2.93. The summed E-state index contributed by atoms with van der Waals surface area (Å²) in [5.74, 6) is 1.52. The van der Waals surface area contributed by atoms with Crippen LogP contribution in [0.25, 0.3) is 0 Å². The van der Waals surface area contributed by atoms with Crippen molar-refractivity contribution in [3.8, 4) is 5.75 Å². The summed E-state index contributed by atoms with van der Waals surface area (Å²) >= 11 is 0. The smallest absolute Gasteiger partial charge is 0.234 e. The zero-order chi connectivity index (χ0) is 17.9. The van der Waals surface area contributed by atoms with E-state index in [1.165, 1.54) is 0 Å². The maximum atomic E-state index is 12.1. The quantitative estimate of drug-likeness (QED) is 0.672. The van der Waals surface area contributed by atoms with Gasteiger partial charge in [-0.2, -0.15) is 0 Å². The van der Waals surface area contributed by atoms with Crippen LogP contribution in [-0.4, -0.2) is 41.0 Å². The van der Waals surface area contributed by atoms with Crippen LogP contribution in [0.5, 0.6) is 5.75 Å². The molecule has 1 N–H and O–H groups in total. The van der Waals surface area contributed by atoms with Gasteiger partial charge < -0.3 is 10.1 Å². The third kappa shape index (κ3) is 7.30. The summed E-state index contributed by atoms with van der Waals surface area (Å²) in [5.41, 5.74) is 1.02. The van der Waals surface area contributed by atoms with Gasteiger partial charge >= 0.3 is 0 Å². The SMILES string of the molecule is CCCCOc1cccc(CNC(=O)CN(C)Cc2ncccn2)c1. The van der Waals surface area contributed by atoms with Crippen molar-refractivity contribution in [3.63, 3.8) is 0 Å². The first kappa shape index (κ1) is 18.9. The topological polar surface area (TPSA) is 67.3 Å². The van der Waals surface area contributed by atoms with Gasteiger partial charge in [-0.15, -0.1) is 0 Å². The molecule has 0 saturated heterocycles. The Bertz CT molecular complexity index is 649. The minimum absolute atomic E-state index is 0.0317. The van der Waals surface area contributed by atoms with E-state index in [9.17, 15) is 4.79 Å². The first-order valence-corrected chi connectivity index (χ1v) is 8.60. The van der Waals surface area contributed by atoms with E-state index in [2.05, 4.69) is 22.2 Å². The molecule has 0 unspecified atom stereocenters. The number of likely N-dealkylation sites (N-methyl/N-ethyl adjacent to an activating group) is 1. The number of nitrogens with zero attached hydrogens (tertiary/aromatic N) is 3. The van der Waals surface area contributed by atoms with Crippen molar-refractivity contribution in [2.24, 2.45) is 0 Å². The Balaban J connectivity index is 1.74. The van der Waals surface area contributed by atoms with Crippen molar-refractivity contribution in [2.45, 2.75) is 32.9 Å². The Morgan fingerprint density at radius 2 is 2.04 bits per heavy atom. The lowest BCUT2D eigenvalue weighted by Crippen LogP contribution is -2.34. The molecule has 0 saturated carbocycles. The third-order valence-corrected chi connectivity index (χ3v) is 3.60. The summed E-state index contributed by atoms with van der Waals surface area (Å²) in [4.78, 5) is 22.3. The highest BCUT2D eigenvalue weighted by Gasteiger charge is 2.08. The molecule has 0 aliphatic rings. The van der Waals surface area contributed by atoms with Crippen LogP contribution < -0.4 is 10.1 Å². The molecule has 1 heterocycles. The molecule has 25 heavy (non-hydrogen) atoms. The van der Waals surface area contributed by atoms with E-state index in [1.807, 2.05) is 36.2 Å². The van der Waals surface area contributed by atoms with Crippen molar-refractivity contribution < 1.29 is 9.53 Å². The highest BCUT2D eigenvalue weighted by Crippen LogP contribution is 2.13. The first-order valence-electron chi connectivity index (χ1n) is 8.60. The molecule has 0 aliphatic carbocycles. The van der Waals surface area contributed by atoms with Crippen LogP contribution in [0.15, 0.2) is 42.7 Å². The number of amides is 1. The molecule has 0 radical (unpaired) electrons. The zero-order valence-electron chi connectivity index (χ0n) is 14.9. The Morgan fingerprint density at radius 3 is 2.80 bits per heavy atom. The average molecular weight is 342 g/mol. The maximum absolute atomic E-state index is 12.1. The minimum atomic E-state index is -0.0317. The fourth-order valence-electron chi connectivity index (χ4n) is 2.29. The predicted octanol–water partition coefficient (Wildman–Crippen LogP) is 2.40. The van der Waals surface area contributed by atoms with E-state index < -0.39 is 0 Å². The number of unbranched alkanes of at least 4 members (excludes halogenated alkanes) is 1. The molecule has 2 rings (SSSR count). The lowest BCUT2D eigenvalue weighted by molar-refractivity contribution is -0.122. The van der Waals surface area contributed by atoms with Gasteiger partial charge in [0.05, 0.1) is 19.7 Å². The summed E-state index contributed by atoms with van der Waals surface area (Å²) in [6, 6.07) is 9.61. The largest absolute Gasteiger partial charge is 0.494 e. The molecule has 0 aliphatic heterocycles. The number of rotatable bonds is 10. The van der Waals surface area contributed by atoms with Crippen molar-refractivity contribution in [1.82, 2.24) is 20.2 Å². The molecule has 134 valence electrons. The van der Waals surface area contributed by atoms with Crippen molar-refractivity contribution in [3.05, 3.63) is 54.1 Å². The minimum Gasteiger partial charge on any atom is -0.494 e. The van der Waals surface area contributed by atoms with Crippen LogP contribution in [0.1, 0.15) is 31.2 Å². The number of carbonyl (C=O) groups excluding carboxylic acids is 1. The van der Waals surface area contributed by atoms with Gasteiger partial charge in [-0.3, -0.25) is 9.69 Å². The van der Waals surface area contributed by atoms with Crippen LogP contribution in [-0.2, 0) is 17.9 Å². The van der Waals surface area contributed by atoms with Gasteiger partial charge in [0.15, 0.2) is 0 Å². The second-order valence-corrected chi connectivity index (χ2v) is 5.96. The van der Waals surface area contributed by atoms with Crippen LogP contribution in [0.4, 0.5) is 0 Å². The Morgan fingerprint density at radius 1 is 1.24 bits per heavy atom. The van der Waals surface area contributed by atoms with Crippen molar-refractivity contribution >= 4 is 5.91 Å². The van der Waals surface area contributed by atoms with Gasteiger partial charge in [0.25, 0.3) is 0 Å². The Labute approximate surface area is 149 Å². The van der Waals surface area contributed by atoms with Gasteiger partial charge in [0.2, 0.25) is 5.91 Å². The van der Waals surface area contributed by atoms with Crippen LogP contribution in [0.3, 0.4) is 0 Å². The number of aromatic nitrogens is 2. The van der Waals surface area contributed by atoms with E-state index in [-0.39, 0.29) is 5.91 Å². The van der Waals surface area contributed by atoms with Crippen LogP contribution in [0, 0.1) is 0 Å².